The normalized spacial score (nSPS) is 11.8. The molecule has 0 aliphatic carbocycles. The predicted molar refractivity (Wildman–Crippen MR) is 125 cm³/mol. The van der Waals surface area contributed by atoms with E-state index in [-0.39, 0.29) is 18.4 Å². The number of hydrogen-bond donors (Lipinski definition) is 1. The molecule has 0 saturated carbocycles. The summed E-state index contributed by atoms with van der Waals surface area (Å²) in [6, 6.07) is 17.3. The molecule has 2 aromatic carbocycles. The quantitative estimate of drug-likeness (QED) is 0.554. The molecule has 2 amide bonds. The molecule has 0 aliphatic rings. The van der Waals surface area contributed by atoms with E-state index >= 15 is 0 Å². The number of benzene rings is 2. The maximum absolute atomic E-state index is 13.1. The van der Waals surface area contributed by atoms with E-state index in [1.54, 1.807) is 4.90 Å². The molecule has 0 bridgehead atoms. The Morgan fingerprint density at radius 3 is 2.23 bits per heavy atom. The highest BCUT2D eigenvalue weighted by Crippen LogP contribution is 2.14. The van der Waals surface area contributed by atoms with Gasteiger partial charge in [0.05, 0.1) is 0 Å². The van der Waals surface area contributed by atoms with Crippen LogP contribution in [0.25, 0.3) is 0 Å². The Morgan fingerprint density at radius 2 is 1.65 bits per heavy atom. The van der Waals surface area contributed by atoms with Crippen LogP contribution in [0.3, 0.4) is 0 Å². The molecule has 31 heavy (non-hydrogen) atoms. The van der Waals surface area contributed by atoms with Crippen molar-refractivity contribution in [1.82, 2.24) is 10.2 Å². The molecule has 5 heteroatoms. The molecule has 0 saturated heterocycles. The van der Waals surface area contributed by atoms with Crippen LogP contribution in [0.5, 0.6) is 5.75 Å². The number of amides is 2. The molecule has 0 aromatic heterocycles. The minimum Gasteiger partial charge on any atom is -0.484 e. The highest BCUT2D eigenvalue weighted by molar-refractivity contribution is 5.88. The van der Waals surface area contributed by atoms with E-state index in [0.29, 0.717) is 37.6 Å². The number of carbonyl (C=O) groups is 2. The van der Waals surface area contributed by atoms with E-state index < -0.39 is 6.04 Å². The van der Waals surface area contributed by atoms with Crippen molar-refractivity contribution in [1.29, 1.82) is 0 Å². The molecular formula is C26H36N2O3. The van der Waals surface area contributed by atoms with E-state index in [9.17, 15) is 9.59 Å². The SMILES string of the molecule is CCc1ccc(OCC(=O)N(CCc2ccccc2)[C@@H](CC)C(=O)NCC(C)C)cc1. The first-order valence-corrected chi connectivity index (χ1v) is 11.3. The first-order valence-electron chi connectivity index (χ1n) is 11.3. The summed E-state index contributed by atoms with van der Waals surface area (Å²) in [6.07, 6.45) is 2.19. The molecule has 0 unspecified atom stereocenters. The molecule has 0 spiro atoms. The molecule has 0 heterocycles. The highest BCUT2D eigenvalue weighted by atomic mass is 16.5. The van der Waals surface area contributed by atoms with Gasteiger partial charge < -0.3 is 15.0 Å². The minimum absolute atomic E-state index is 0.0891. The van der Waals surface area contributed by atoms with Gasteiger partial charge in [-0.15, -0.1) is 0 Å². The van der Waals surface area contributed by atoms with Crippen molar-refractivity contribution in [3.05, 3.63) is 65.7 Å². The number of aryl methyl sites for hydroxylation is 1. The second kappa shape index (κ2) is 12.8. The molecule has 5 nitrogen and oxygen atoms in total. The van der Waals surface area contributed by atoms with E-state index in [4.69, 9.17) is 4.74 Å². The fraction of sp³-hybridized carbons (Fsp3) is 0.462. The van der Waals surface area contributed by atoms with Gasteiger partial charge in [-0.05, 0) is 48.4 Å². The maximum Gasteiger partial charge on any atom is 0.261 e. The number of ether oxygens (including phenoxy) is 1. The standard InChI is InChI=1S/C26H36N2O3/c1-5-21-12-14-23(15-13-21)31-19-25(29)28(17-16-22-10-8-7-9-11-22)24(6-2)26(30)27-18-20(3)4/h7-15,20,24H,5-6,16-19H2,1-4H3,(H,27,30)/t24-/m0/s1. The zero-order chi connectivity index (χ0) is 22.6. The zero-order valence-corrected chi connectivity index (χ0v) is 19.3. The lowest BCUT2D eigenvalue weighted by Gasteiger charge is -2.30. The lowest BCUT2D eigenvalue weighted by molar-refractivity contribution is -0.142. The fourth-order valence-corrected chi connectivity index (χ4v) is 3.37. The average Bonchev–Trinajstić information content (AvgIpc) is 2.79. The summed E-state index contributed by atoms with van der Waals surface area (Å²) in [5, 5.41) is 2.98. The topological polar surface area (TPSA) is 58.6 Å². The molecule has 168 valence electrons. The third-order valence-electron chi connectivity index (χ3n) is 5.25. The van der Waals surface area contributed by atoms with Gasteiger partial charge in [0.2, 0.25) is 5.91 Å². The molecular weight excluding hydrogens is 388 g/mol. The summed E-state index contributed by atoms with van der Waals surface area (Å²) < 4.78 is 5.75. The highest BCUT2D eigenvalue weighted by Gasteiger charge is 2.28. The largest absolute Gasteiger partial charge is 0.484 e. The van der Waals surface area contributed by atoms with Gasteiger partial charge in [0, 0.05) is 13.1 Å². The third-order valence-corrected chi connectivity index (χ3v) is 5.25. The minimum atomic E-state index is -0.513. The van der Waals surface area contributed by atoms with Crippen molar-refractivity contribution < 1.29 is 14.3 Å². The van der Waals surface area contributed by atoms with Gasteiger partial charge in [-0.2, -0.15) is 0 Å². The second-order valence-electron chi connectivity index (χ2n) is 8.17. The molecule has 2 aromatic rings. The molecule has 0 aliphatic heterocycles. The van der Waals surface area contributed by atoms with Crippen LogP contribution in [0.15, 0.2) is 54.6 Å². The van der Waals surface area contributed by atoms with Crippen LogP contribution in [-0.4, -0.2) is 42.5 Å². The van der Waals surface area contributed by atoms with Crippen molar-refractivity contribution in [3.63, 3.8) is 0 Å². The van der Waals surface area contributed by atoms with Gasteiger partial charge in [0.1, 0.15) is 11.8 Å². The van der Waals surface area contributed by atoms with Crippen molar-refractivity contribution in [3.8, 4) is 5.75 Å². The van der Waals surface area contributed by atoms with Gasteiger partial charge >= 0.3 is 0 Å². The second-order valence-corrected chi connectivity index (χ2v) is 8.17. The Labute approximate surface area is 186 Å². The summed E-state index contributed by atoms with van der Waals surface area (Å²) in [4.78, 5) is 27.6. The molecule has 0 radical (unpaired) electrons. The van der Waals surface area contributed by atoms with Crippen LogP contribution in [-0.2, 0) is 22.4 Å². The fourth-order valence-electron chi connectivity index (χ4n) is 3.37. The Balaban J connectivity index is 2.09. The number of carbonyl (C=O) groups excluding carboxylic acids is 2. The van der Waals surface area contributed by atoms with E-state index in [0.717, 1.165) is 12.0 Å². The predicted octanol–water partition coefficient (Wildman–Crippen LogP) is 4.25. The summed E-state index contributed by atoms with van der Waals surface area (Å²) in [7, 11) is 0. The van der Waals surface area contributed by atoms with E-state index in [2.05, 4.69) is 26.1 Å². The van der Waals surface area contributed by atoms with Crippen molar-refractivity contribution in [2.75, 3.05) is 19.7 Å². The Bertz CT molecular complexity index is 803. The summed E-state index contributed by atoms with van der Waals surface area (Å²) in [5.41, 5.74) is 2.35. The van der Waals surface area contributed by atoms with Gasteiger partial charge in [-0.3, -0.25) is 9.59 Å². The molecule has 0 fully saturated rings. The van der Waals surface area contributed by atoms with Gasteiger partial charge in [0.25, 0.3) is 5.91 Å². The number of rotatable bonds is 12. The number of nitrogens with one attached hydrogen (secondary N) is 1. The first-order chi connectivity index (χ1) is 14.9. The van der Waals surface area contributed by atoms with Crippen LogP contribution >= 0.6 is 0 Å². The van der Waals surface area contributed by atoms with Crippen LogP contribution in [0.4, 0.5) is 0 Å². The van der Waals surface area contributed by atoms with Crippen LogP contribution in [0.2, 0.25) is 0 Å². The molecule has 1 atom stereocenters. The van der Waals surface area contributed by atoms with Crippen molar-refractivity contribution >= 4 is 11.8 Å². The Hall–Kier alpha value is -2.82. The van der Waals surface area contributed by atoms with Crippen molar-refractivity contribution in [2.24, 2.45) is 5.92 Å². The Morgan fingerprint density at radius 1 is 0.968 bits per heavy atom. The lowest BCUT2D eigenvalue weighted by atomic mass is 10.1. The Kier molecular flexibility index (Phi) is 10.1. The van der Waals surface area contributed by atoms with Crippen LogP contribution in [0.1, 0.15) is 45.2 Å². The van der Waals surface area contributed by atoms with E-state index in [1.165, 1.54) is 5.56 Å². The number of hydrogen-bond acceptors (Lipinski definition) is 3. The van der Waals surface area contributed by atoms with Gasteiger partial charge in [-0.25, -0.2) is 0 Å². The van der Waals surface area contributed by atoms with Gasteiger partial charge in [0.15, 0.2) is 6.61 Å². The summed E-state index contributed by atoms with van der Waals surface area (Å²) in [5.74, 6) is 0.724. The average molecular weight is 425 g/mol. The van der Waals surface area contributed by atoms with Crippen LogP contribution in [0, 0.1) is 5.92 Å². The van der Waals surface area contributed by atoms with Gasteiger partial charge in [-0.1, -0.05) is 70.2 Å². The smallest absolute Gasteiger partial charge is 0.261 e. The first kappa shape index (κ1) is 24.4. The monoisotopic (exact) mass is 424 g/mol. The zero-order valence-electron chi connectivity index (χ0n) is 19.3. The third kappa shape index (κ3) is 8.08. The van der Waals surface area contributed by atoms with Crippen LogP contribution < -0.4 is 10.1 Å². The molecule has 2 rings (SSSR count). The summed E-state index contributed by atoms with van der Waals surface area (Å²) in [6.45, 7) is 9.11. The summed E-state index contributed by atoms with van der Waals surface area (Å²) >= 11 is 0. The number of nitrogens with zero attached hydrogens (tertiary/aromatic N) is 1. The van der Waals surface area contributed by atoms with E-state index in [1.807, 2.05) is 61.5 Å². The maximum atomic E-state index is 13.1. The van der Waals surface area contributed by atoms with Crippen molar-refractivity contribution in [2.45, 2.75) is 53.0 Å². The molecule has 1 N–H and O–H groups in total. The lowest BCUT2D eigenvalue weighted by Crippen LogP contribution is -2.51.